The molecule has 0 amide bonds. The van der Waals surface area contributed by atoms with Crippen LogP contribution in [0.15, 0.2) is 5.16 Å². The summed E-state index contributed by atoms with van der Waals surface area (Å²) in [5.74, 6) is 1.97. The third-order valence-corrected chi connectivity index (χ3v) is 5.73. The maximum absolute atomic E-state index is 6.10. The second-order valence-electron chi connectivity index (χ2n) is 6.38. The number of nitrogens with zero attached hydrogens (tertiary/aromatic N) is 3. The topological polar surface area (TPSA) is 56.7 Å². The summed E-state index contributed by atoms with van der Waals surface area (Å²) in [6.45, 7) is 0. The maximum atomic E-state index is 6.10. The minimum Gasteiger partial charge on any atom is -0.328 e. The normalized spacial score (nSPS) is 31.6. The molecule has 3 saturated carbocycles. The van der Waals surface area contributed by atoms with E-state index in [2.05, 4.69) is 14.8 Å². The van der Waals surface area contributed by atoms with E-state index in [-0.39, 0.29) is 0 Å². The van der Waals surface area contributed by atoms with Gasteiger partial charge in [0.2, 0.25) is 0 Å². The van der Waals surface area contributed by atoms with Crippen molar-refractivity contribution >= 4 is 11.8 Å². The Morgan fingerprint density at radius 3 is 2.58 bits per heavy atom. The molecule has 2 unspecified atom stereocenters. The summed E-state index contributed by atoms with van der Waals surface area (Å²) in [4.78, 5) is 0. The first-order valence-electron chi connectivity index (χ1n) is 7.68. The van der Waals surface area contributed by atoms with E-state index >= 15 is 0 Å². The van der Waals surface area contributed by atoms with Crippen LogP contribution < -0.4 is 5.73 Å². The Morgan fingerprint density at radius 2 is 1.89 bits per heavy atom. The lowest BCUT2D eigenvalue weighted by Crippen LogP contribution is -2.29. The average Bonchev–Trinajstić information content (AvgIpc) is 3.30. The van der Waals surface area contributed by atoms with Gasteiger partial charge in [0.15, 0.2) is 5.16 Å². The fourth-order valence-corrected chi connectivity index (χ4v) is 4.47. The summed E-state index contributed by atoms with van der Waals surface area (Å²) < 4.78 is 2.46. The fraction of sp³-hybridized carbons (Fsp3) is 0.857. The Kier molecular flexibility index (Phi) is 3.07. The monoisotopic (exact) mass is 278 g/mol. The van der Waals surface area contributed by atoms with E-state index in [1.807, 2.05) is 11.8 Å². The van der Waals surface area contributed by atoms with E-state index in [0.717, 1.165) is 6.42 Å². The number of thioether (sulfide) groups is 1. The van der Waals surface area contributed by atoms with Crippen molar-refractivity contribution in [1.82, 2.24) is 14.8 Å². The van der Waals surface area contributed by atoms with Crippen LogP contribution in [0.4, 0.5) is 0 Å². The van der Waals surface area contributed by atoms with Gasteiger partial charge in [-0.25, -0.2) is 0 Å². The molecule has 3 aliphatic carbocycles. The second-order valence-corrected chi connectivity index (χ2v) is 7.65. The molecule has 3 fully saturated rings. The van der Waals surface area contributed by atoms with E-state index in [4.69, 9.17) is 5.73 Å². The fourth-order valence-electron chi connectivity index (χ4n) is 3.10. The van der Waals surface area contributed by atoms with Gasteiger partial charge in [0.1, 0.15) is 5.82 Å². The number of rotatable bonds is 4. The van der Waals surface area contributed by atoms with Crippen molar-refractivity contribution in [3.05, 3.63) is 5.82 Å². The van der Waals surface area contributed by atoms with E-state index < -0.39 is 0 Å². The second kappa shape index (κ2) is 4.77. The van der Waals surface area contributed by atoms with E-state index in [9.17, 15) is 0 Å². The van der Waals surface area contributed by atoms with Gasteiger partial charge < -0.3 is 10.3 Å². The summed E-state index contributed by atoms with van der Waals surface area (Å²) in [6, 6.07) is 1.09. The summed E-state index contributed by atoms with van der Waals surface area (Å²) >= 11 is 1.94. The summed E-state index contributed by atoms with van der Waals surface area (Å²) in [5.41, 5.74) is 6.10. The lowest BCUT2D eigenvalue weighted by Gasteiger charge is -2.25. The predicted molar refractivity (Wildman–Crippen MR) is 76.4 cm³/mol. The molecule has 5 heteroatoms. The highest BCUT2D eigenvalue weighted by atomic mass is 32.2. The minimum atomic E-state index is 0.395. The van der Waals surface area contributed by atoms with E-state index in [0.29, 0.717) is 23.3 Å². The van der Waals surface area contributed by atoms with Gasteiger partial charge in [-0.05, 0) is 44.9 Å². The van der Waals surface area contributed by atoms with Gasteiger partial charge in [-0.15, -0.1) is 10.2 Å². The summed E-state index contributed by atoms with van der Waals surface area (Å²) in [5, 5.41) is 10.8. The average molecular weight is 278 g/mol. The van der Waals surface area contributed by atoms with Crippen LogP contribution in [-0.4, -0.2) is 26.1 Å². The standard InChI is InChI=1S/C14H22N4S/c15-10-2-1-3-12(8-10)19-14-17-16-13(9-4-5-9)18(14)11-6-7-11/h9-12H,1-8,15H2. The zero-order valence-corrected chi connectivity index (χ0v) is 12.1. The van der Waals surface area contributed by atoms with Crippen LogP contribution in [0.2, 0.25) is 0 Å². The van der Waals surface area contributed by atoms with Gasteiger partial charge in [0, 0.05) is 23.3 Å². The predicted octanol–water partition coefficient (Wildman–Crippen LogP) is 2.85. The molecule has 104 valence electrons. The van der Waals surface area contributed by atoms with Gasteiger partial charge in [-0.3, -0.25) is 0 Å². The molecule has 0 saturated heterocycles. The third kappa shape index (κ3) is 2.55. The molecular formula is C14H22N4S. The van der Waals surface area contributed by atoms with Crippen molar-refractivity contribution in [1.29, 1.82) is 0 Å². The van der Waals surface area contributed by atoms with Crippen LogP contribution in [0.1, 0.15) is 69.2 Å². The molecule has 2 atom stereocenters. The third-order valence-electron chi connectivity index (χ3n) is 4.48. The first-order valence-corrected chi connectivity index (χ1v) is 8.56. The number of hydrogen-bond donors (Lipinski definition) is 1. The first kappa shape index (κ1) is 12.2. The minimum absolute atomic E-state index is 0.395. The van der Waals surface area contributed by atoms with Crippen molar-refractivity contribution in [3.63, 3.8) is 0 Å². The maximum Gasteiger partial charge on any atom is 0.191 e. The molecule has 0 spiro atoms. The van der Waals surface area contributed by atoms with Gasteiger partial charge in [0.25, 0.3) is 0 Å². The van der Waals surface area contributed by atoms with Crippen LogP contribution in [0.3, 0.4) is 0 Å². The zero-order chi connectivity index (χ0) is 12.8. The van der Waals surface area contributed by atoms with Crippen molar-refractivity contribution in [2.75, 3.05) is 0 Å². The van der Waals surface area contributed by atoms with Crippen molar-refractivity contribution in [2.24, 2.45) is 5.73 Å². The number of hydrogen-bond acceptors (Lipinski definition) is 4. The van der Waals surface area contributed by atoms with Crippen molar-refractivity contribution in [3.8, 4) is 0 Å². The molecule has 2 N–H and O–H groups in total. The molecule has 1 aromatic heterocycles. The Bertz CT molecular complexity index is 464. The quantitative estimate of drug-likeness (QED) is 0.920. The smallest absolute Gasteiger partial charge is 0.191 e. The Labute approximate surface area is 118 Å². The highest BCUT2D eigenvalue weighted by Crippen LogP contribution is 2.47. The lowest BCUT2D eigenvalue weighted by atomic mass is 9.96. The van der Waals surface area contributed by atoms with Crippen LogP contribution in [0, 0.1) is 0 Å². The van der Waals surface area contributed by atoms with Crippen LogP contribution >= 0.6 is 11.8 Å². The van der Waals surface area contributed by atoms with E-state index in [1.54, 1.807) is 0 Å². The molecule has 0 aromatic carbocycles. The molecule has 0 aliphatic heterocycles. The summed E-state index contributed by atoms with van der Waals surface area (Å²) in [7, 11) is 0. The molecular weight excluding hydrogens is 256 g/mol. The number of aromatic nitrogens is 3. The van der Waals surface area contributed by atoms with E-state index in [1.165, 1.54) is 55.9 Å². The molecule has 1 heterocycles. The molecule has 0 bridgehead atoms. The highest BCUT2D eigenvalue weighted by Gasteiger charge is 2.37. The van der Waals surface area contributed by atoms with Crippen LogP contribution in [-0.2, 0) is 0 Å². The largest absolute Gasteiger partial charge is 0.328 e. The Hall–Kier alpha value is -0.550. The molecule has 1 aromatic rings. The Morgan fingerprint density at radius 1 is 1.05 bits per heavy atom. The first-order chi connectivity index (χ1) is 9.31. The van der Waals surface area contributed by atoms with Gasteiger partial charge in [-0.1, -0.05) is 18.2 Å². The van der Waals surface area contributed by atoms with Crippen molar-refractivity contribution < 1.29 is 0 Å². The summed E-state index contributed by atoms with van der Waals surface area (Å²) in [6.07, 6.45) is 10.1. The zero-order valence-electron chi connectivity index (χ0n) is 11.3. The lowest BCUT2D eigenvalue weighted by molar-refractivity contribution is 0.450. The molecule has 0 radical (unpaired) electrons. The molecule has 19 heavy (non-hydrogen) atoms. The molecule has 3 aliphatic rings. The van der Waals surface area contributed by atoms with Crippen LogP contribution in [0.25, 0.3) is 0 Å². The number of nitrogens with two attached hydrogens (primary N) is 1. The van der Waals surface area contributed by atoms with Gasteiger partial charge >= 0.3 is 0 Å². The van der Waals surface area contributed by atoms with Crippen LogP contribution in [0.5, 0.6) is 0 Å². The van der Waals surface area contributed by atoms with Crippen molar-refractivity contribution in [2.45, 2.75) is 79.8 Å². The van der Waals surface area contributed by atoms with Gasteiger partial charge in [0.05, 0.1) is 0 Å². The molecule has 4 nitrogen and oxygen atoms in total. The van der Waals surface area contributed by atoms with Gasteiger partial charge in [-0.2, -0.15) is 0 Å². The Balaban J connectivity index is 1.53. The molecule has 4 rings (SSSR count). The SMILES string of the molecule is NC1CCCC(Sc2nnc(C3CC3)n2C2CC2)C1. The highest BCUT2D eigenvalue weighted by molar-refractivity contribution is 7.99.